The summed E-state index contributed by atoms with van der Waals surface area (Å²) in [5.74, 6) is 0.0685. The zero-order valence-corrected chi connectivity index (χ0v) is 12.9. The van der Waals surface area contributed by atoms with Gasteiger partial charge in [-0.2, -0.15) is 8.42 Å². The van der Waals surface area contributed by atoms with E-state index in [-0.39, 0.29) is 10.8 Å². The van der Waals surface area contributed by atoms with Crippen LogP contribution in [0.2, 0.25) is 0 Å². The topological polar surface area (TPSA) is 43.4 Å². The van der Waals surface area contributed by atoms with Crippen molar-refractivity contribution in [1.29, 1.82) is 0 Å². The van der Waals surface area contributed by atoms with Gasteiger partial charge in [0.1, 0.15) is 16.5 Å². The Balaban J connectivity index is 2.36. The van der Waals surface area contributed by atoms with Crippen molar-refractivity contribution in [2.24, 2.45) is 0 Å². The van der Waals surface area contributed by atoms with E-state index in [0.717, 1.165) is 23.3 Å². The SMILES string of the molecule is Cc1ccc(C(C)C)cc1OS(=O)(=O)c1ccc(F)cc1. The van der Waals surface area contributed by atoms with E-state index in [1.165, 1.54) is 12.1 Å². The average molecular weight is 308 g/mol. The van der Waals surface area contributed by atoms with Crippen molar-refractivity contribution in [3.63, 3.8) is 0 Å². The third-order valence-corrected chi connectivity index (χ3v) is 4.43. The lowest BCUT2D eigenvalue weighted by Gasteiger charge is -2.12. The first-order valence-electron chi connectivity index (χ1n) is 6.60. The zero-order valence-electron chi connectivity index (χ0n) is 12.1. The summed E-state index contributed by atoms with van der Waals surface area (Å²) in [6.45, 7) is 5.81. The lowest BCUT2D eigenvalue weighted by molar-refractivity contribution is 0.483. The molecule has 112 valence electrons. The minimum Gasteiger partial charge on any atom is -0.379 e. The van der Waals surface area contributed by atoms with E-state index in [9.17, 15) is 12.8 Å². The van der Waals surface area contributed by atoms with Crippen LogP contribution < -0.4 is 4.18 Å². The molecule has 0 saturated carbocycles. The van der Waals surface area contributed by atoms with Gasteiger partial charge >= 0.3 is 10.1 Å². The molecule has 0 atom stereocenters. The van der Waals surface area contributed by atoms with Crippen LogP contribution in [0, 0.1) is 12.7 Å². The highest BCUT2D eigenvalue weighted by Gasteiger charge is 2.18. The van der Waals surface area contributed by atoms with E-state index in [1.807, 2.05) is 26.0 Å². The predicted molar refractivity (Wildman–Crippen MR) is 79.5 cm³/mol. The van der Waals surface area contributed by atoms with Crippen molar-refractivity contribution >= 4 is 10.1 Å². The average Bonchev–Trinajstić information content (AvgIpc) is 2.41. The van der Waals surface area contributed by atoms with Crippen molar-refractivity contribution in [3.8, 4) is 5.75 Å². The second-order valence-electron chi connectivity index (χ2n) is 5.17. The Morgan fingerprint density at radius 2 is 1.67 bits per heavy atom. The first kappa shape index (κ1) is 15.5. The highest BCUT2D eigenvalue weighted by atomic mass is 32.2. The summed E-state index contributed by atoms with van der Waals surface area (Å²) in [4.78, 5) is -0.0711. The van der Waals surface area contributed by atoms with Gasteiger partial charge in [-0.1, -0.05) is 26.0 Å². The molecule has 0 N–H and O–H groups in total. The van der Waals surface area contributed by atoms with Crippen LogP contribution in [-0.2, 0) is 10.1 Å². The maximum Gasteiger partial charge on any atom is 0.339 e. The van der Waals surface area contributed by atoms with Gasteiger partial charge in [0.15, 0.2) is 0 Å². The fraction of sp³-hybridized carbons (Fsp3) is 0.250. The Morgan fingerprint density at radius 1 is 1.05 bits per heavy atom. The summed E-state index contributed by atoms with van der Waals surface area (Å²) in [5.41, 5.74) is 1.72. The molecule has 3 nitrogen and oxygen atoms in total. The summed E-state index contributed by atoms with van der Waals surface area (Å²) in [6, 6.07) is 10.0. The van der Waals surface area contributed by atoms with Crippen LogP contribution in [0.1, 0.15) is 30.9 Å². The molecule has 21 heavy (non-hydrogen) atoms. The molecular formula is C16H17FO3S. The van der Waals surface area contributed by atoms with Gasteiger partial charge in [0.2, 0.25) is 0 Å². The molecule has 0 radical (unpaired) electrons. The largest absolute Gasteiger partial charge is 0.379 e. The Labute approximate surface area is 124 Å². The molecule has 0 spiro atoms. The number of rotatable bonds is 4. The Bertz CT molecular complexity index is 735. The maximum atomic E-state index is 12.9. The normalized spacial score (nSPS) is 11.7. The van der Waals surface area contributed by atoms with Gasteiger partial charge in [0.05, 0.1) is 0 Å². The molecule has 2 aromatic rings. The monoisotopic (exact) mass is 308 g/mol. The number of hydrogen-bond acceptors (Lipinski definition) is 3. The number of halogens is 1. The molecule has 2 rings (SSSR count). The van der Waals surface area contributed by atoms with Gasteiger partial charge in [-0.05, 0) is 54.3 Å². The molecule has 0 bridgehead atoms. The van der Waals surface area contributed by atoms with Crippen LogP contribution in [0.3, 0.4) is 0 Å². The lowest BCUT2D eigenvalue weighted by Crippen LogP contribution is -2.10. The van der Waals surface area contributed by atoms with Crippen molar-refractivity contribution in [2.45, 2.75) is 31.6 Å². The van der Waals surface area contributed by atoms with Crippen LogP contribution in [0.15, 0.2) is 47.4 Å². The Hall–Kier alpha value is -1.88. The van der Waals surface area contributed by atoms with Crippen LogP contribution in [0.25, 0.3) is 0 Å². The minimum absolute atomic E-state index is 0.0711. The Kier molecular flexibility index (Phi) is 4.32. The van der Waals surface area contributed by atoms with Crippen molar-refractivity contribution < 1.29 is 17.0 Å². The predicted octanol–water partition coefficient (Wildman–Crippen LogP) is 4.03. The van der Waals surface area contributed by atoms with Gasteiger partial charge in [-0.15, -0.1) is 0 Å². The standard InChI is InChI=1S/C16H17FO3S/c1-11(2)13-5-4-12(3)16(10-13)20-21(18,19)15-8-6-14(17)7-9-15/h4-11H,1-3H3. The first-order valence-corrected chi connectivity index (χ1v) is 8.01. The fourth-order valence-electron chi connectivity index (χ4n) is 1.83. The quantitative estimate of drug-likeness (QED) is 0.801. The summed E-state index contributed by atoms with van der Waals surface area (Å²) >= 11 is 0. The molecule has 0 unspecified atom stereocenters. The summed E-state index contributed by atoms with van der Waals surface area (Å²) in [6.07, 6.45) is 0. The van der Waals surface area contributed by atoms with E-state index in [2.05, 4.69) is 0 Å². The number of aryl methyl sites for hydroxylation is 1. The summed E-state index contributed by atoms with van der Waals surface area (Å²) in [5, 5.41) is 0. The zero-order chi connectivity index (χ0) is 15.6. The van der Waals surface area contributed by atoms with E-state index in [4.69, 9.17) is 4.18 Å². The highest BCUT2D eigenvalue weighted by molar-refractivity contribution is 7.87. The maximum absolute atomic E-state index is 12.9. The van der Waals surface area contributed by atoms with Crippen molar-refractivity contribution in [3.05, 3.63) is 59.4 Å². The number of benzene rings is 2. The number of hydrogen-bond donors (Lipinski definition) is 0. The van der Waals surface area contributed by atoms with Gasteiger partial charge in [0, 0.05) is 0 Å². The first-order chi connectivity index (χ1) is 9.79. The van der Waals surface area contributed by atoms with E-state index < -0.39 is 15.9 Å². The Morgan fingerprint density at radius 3 is 2.24 bits per heavy atom. The van der Waals surface area contributed by atoms with Gasteiger partial charge in [-0.3, -0.25) is 0 Å². The summed E-state index contributed by atoms with van der Waals surface area (Å²) < 4.78 is 42.5. The van der Waals surface area contributed by atoms with Crippen molar-refractivity contribution in [1.82, 2.24) is 0 Å². The minimum atomic E-state index is -3.96. The molecule has 0 aliphatic heterocycles. The van der Waals surface area contributed by atoms with Crippen LogP contribution in [-0.4, -0.2) is 8.42 Å². The van der Waals surface area contributed by atoms with Gasteiger partial charge < -0.3 is 4.18 Å². The van der Waals surface area contributed by atoms with Gasteiger partial charge in [-0.25, -0.2) is 4.39 Å². The molecule has 0 aliphatic carbocycles. The summed E-state index contributed by atoms with van der Waals surface area (Å²) in [7, 11) is -3.96. The lowest BCUT2D eigenvalue weighted by atomic mass is 10.0. The molecule has 5 heteroatoms. The molecule has 0 heterocycles. The molecule has 0 saturated heterocycles. The van der Waals surface area contributed by atoms with Crippen molar-refractivity contribution in [2.75, 3.05) is 0 Å². The van der Waals surface area contributed by atoms with E-state index >= 15 is 0 Å². The van der Waals surface area contributed by atoms with Gasteiger partial charge in [0.25, 0.3) is 0 Å². The molecule has 0 aliphatic rings. The highest BCUT2D eigenvalue weighted by Crippen LogP contribution is 2.27. The molecule has 0 aromatic heterocycles. The van der Waals surface area contributed by atoms with E-state index in [1.54, 1.807) is 13.0 Å². The smallest absolute Gasteiger partial charge is 0.339 e. The second-order valence-corrected chi connectivity index (χ2v) is 6.72. The van der Waals surface area contributed by atoms with Crippen LogP contribution in [0.4, 0.5) is 4.39 Å². The molecular weight excluding hydrogens is 291 g/mol. The fourth-order valence-corrected chi connectivity index (χ4v) is 2.81. The third kappa shape index (κ3) is 3.61. The molecule has 0 amide bonds. The van der Waals surface area contributed by atoms with Crippen LogP contribution >= 0.6 is 0 Å². The molecule has 0 fully saturated rings. The third-order valence-electron chi connectivity index (χ3n) is 3.18. The molecule has 2 aromatic carbocycles. The van der Waals surface area contributed by atoms with Crippen LogP contribution in [0.5, 0.6) is 5.75 Å². The second kappa shape index (κ2) is 5.85. The van der Waals surface area contributed by atoms with E-state index in [0.29, 0.717) is 5.75 Å².